The Morgan fingerprint density at radius 3 is 1.10 bits per heavy atom. The van der Waals surface area contributed by atoms with E-state index in [0.717, 1.165) is 32.9 Å². The van der Waals surface area contributed by atoms with Crippen LogP contribution < -0.4 is 10.2 Å². The molecule has 0 aliphatic carbocycles. The van der Waals surface area contributed by atoms with Crippen LogP contribution in [0.25, 0.3) is 22.3 Å². The van der Waals surface area contributed by atoms with Crippen LogP contribution in [0.5, 0.6) is 0 Å². The van der Waals surface area contributed by atoms with Crippen molar-refractivity contribution in [1.82, 2.24) is 0 Å². The maximum atomic E-state index is 3.52. The smallest absolute Gasteiger partial charge is 0.0462 e. The average molecular weight is 568 g/mol. The molecule has 2 nitrogen and oxygen atoms in total. The van der Waals surface area contributed by atoms with Crippen molar-refractivity contribution in [2.75, 3.05) is 10.2 Å². The molecular formula is C36H27BrN2. The summed E-state index contributed by atoms with van der Waals surface area (Å²) in [5.41, 5.74) is 10.3. The molecule has 0 unspecified atom stereocenters. The van der Waals surface area contributed by atoms with E-state index in [1.54, 1.807) is 0 Å². The van der Waals surface area contributed by atoms with Crippen molar-refractivity contribution in [3.05, 3.63) is 162 Å². The number of anilines is 5. The van der Waals surface area contributed by atoms with Gasteiger partial charge < -0.3 is 10.2 Å². The Bertz CT molecular complexity index is 1590. The number of benzene rings is 6. The Morgan fingerprint density at radius 1 is 0.359 bits per heavy atom. The topological polar surface area (TPSA) is 15.3 Å². The summed E-state index contributed by atoms with van der Waals surface area (Å²) in [6.07, 6.45) is 0. The fourth-order valence-corrected chi connectivity index (χ4v) is 4.97. The van der Waals surface area contributed by atoms with Crippen LogP contribution in [0, 0.1) is 0 Å². The van der Waals surface area contributed by atoms with E-state index in [9.17, 15) is 0 Å². The Morgan fingerprint density at radius 2 is 0.692 bits per heavy atom. The van der Waals surface area contributed by atoms with Crippen LogP contribution in [0.4, 0.5) is 28.4 Å². The predicted octanol–water partition coefficient (Wildman–Crippen LogP) is 11.0. The molecule has 0 spiro atoms. The summed E-state index contributed by atoms with van der Waals surface area (Å²) in [4.78, 5) is 2.28. The molecule has 188 valence electrons. The van der Waals surface area contributed by atoms with Crippen molar-refractivity contribution in [1.29, 1.82) is 0 Å². The molecule has 0 amide bonds. The second-order valence-electron chi connectivity index (χ2n) is 9.34. The molecular weight excluding hydrogens is 540 g/mol. The van der Waals surface area contributed by atoms with Gasteiger partial charge in [-0.3, -0.25) is 0 Å². The van der Waals surface area contributed by atoms with Crippen molar-refractivity contribution in [2.45, 2.75) is 0 Å². The zero-order valence-corrected chi connectivity index (χ0v) is 22.9. The molecule has 0 heterocycles. The zero-order chi connectivity index (χ0) is 26.4. The van der Waals surface area contributed by atoms with E-state index < -0.39 is 0 Å². The number of hydrogen-bond donors (Lipinski definition) is 1. The monoisotopic (exact) mass is 566 g/mol. The molecule has 0 aromatic heterocycles. The highest BCUT2D eigenvalue weighted by Crippen LogP contribution is 2.35. The van der Waals surface area contributed by atoms with Gasteiger partial charge in [-0.2, -0.15) is 0 Å². The van der Waals surface area contributed by atoms with Crippen LogP contribution in [-0.2, 0) is 0 Å². The third-order valence-corrected chi connectivity index (χ3v) is 7.25. The van der Waals surface area contributed by atoms with Crippen molar-refractivity contribution >= 4 is 44.4 Å². The molecule has 0 aliphatic rings. The van der Waals surface area contributed by atoms with Crippen LogP contribution >= 0.6 is 15.9 Å². The maximum absolute atomic E-state index is 3.52. The summed E-state index contributed by atoms with van der Waals surface area (Å²) in [5.74, 6) is 0. The lowest BCUT2D eigenvalue weighted by molar-refractivity contribution is 1.28. The van der Waals surface area contributed by atoms with Gasteiger partial charge in [0.05, 0.1) is 0 Å². The van der Waals surface area contributed by atoms with E-state index in [0.29, 0.717) is 0 Å². The minimum Gasteiger partial charge on any atom is -0.356 e. The summed E-state index contributed by atoms with van der Waals surface area (Å²) >= 11 is 3.50. The average Bonchev–Trinajstić information content (AvgIpc) is 3.00. The van der Waals surface area contributed by atoms with E-state index in [-0.39, 0.29) is 0 Å². The van der Waals surface area contributed by atoms with Crippen LogP contribution in [0.15, 0.2) is 162 Å². The van der Waals surface area contributed by atoms with Gasteiger partial charge in [0, 0.05) is 32.9 Å². The summed E-state index contributed by atoms with van der Waals surface area (Å²) < 4.78 is 1.09. The van der Waals surface area contributed by atoms with E-state index in [4.69, 9.17) is 0 Å². The fraction of sp³-hybridized carbons (Fsp3) is 0. The SMILES string of the molecule is Brc1ccc(-c2ccc(Nc3ccc(-c4ccc(N(c5ccccc5)c5ccccc5)cc4)cc3)cc2)cc1. The molecule has 0 saturated carbocycles. The second kappa shape index (κ2) is 11.4. The van der Waals surface area contributed by atoms with Crippen molar-refractivity contribution in [3.8, 4) is 22.3 Å². The van der Waals surface area contributed by atoms with Crippen molar-refractivity contribution < 1.29 is 0 Å². The highest BCUT2D eigenvalue weighted by Gasteiger charge is 2.12. The summed E-state index contributed by atoms with van der Waals surface area (Å²) in [7, 11) is 0. The molecule has 3 heteroatoms. The van der Waals surface area contributed by atoms with Gasteiger partial charge in [-0.25, -0.2) is 0 Å². The van der Waals surface area contributed by atoms with Gasteiger partial charge in [0.2, 0.25) is 0 Å². The standard InChI is InChI=1S/C36H27BrN2/c37-31-19-11-27(12-20-31)28-13-21-32(22-14-28)38-33-23-15-29(16-24-33)30-17-25-36(26-18-30)39(34-7-3-1-4-8-34)35-9-5-2-6-10-35/h1-26,38H. The molecule has 39 heavy (non-hydrogen) atoms. The number of rotatable bonds is 7. The van der Waals surface area contributed by atoms with Crippen LogP contribution in [0.2, 0.25) is 0 Å². The summed E-state index contributed by atoms with van der Waals surface area (Å²) in [6.45, 7) is 0. The molecule has 0 bridgehead atoms. The molecule has 6 aromatic rings. The lowest BCUT2D eigenvalue weighted by atomic mass is 10.0. The molecule has 0 saturated heterocycles. The Hall–Kier alpha value is -4.60. The van der Waals surface area contributed by atoms with E-state index in [1.807, 2.05) is 12.1 Å². The van der Waals surface area contributed by atoms with Gasteiger partial charge in [-0.15, -0.1) is 0 Å². The van der Waals surface area contributed by atoms with Crippen LogP contribution in [0.3, 0.4) is 0 Å². The largest absolute Gasteiger partial charge is 0.356 e. The highest BCUT2D eigenvalue weighted by atomic mass is 79.9. The van der Waals surface area contributed by atoms with E-state index >= 15 is 0 Å². The number of nitrogens with zero attached hydrogens (tertiary/aromatic N) is 1. The number of hydrogen-bond acceptors (Lipinski definition) is 2. The highest BCUT2D eigenvalue weighted by molar-refractivity contribution is 9.10. The van der Waals surface area contributed by atoms with Gasteiger partial charge >= 0.3 is 0 Å². The predicted molar refractivity (Wildman–Crippen MR) is 169 cm³/mol. The van der Waals surface area contributed by atoms with E-state index in [1.165, 1.54) is 22.3 Å². The molecule has 6 aromatic carbocycles. The molecule has 0 aliphatic heterocycles. The molecule has 6 rings (SSSR count). The quantitative estimate of drug-likeness (QED) is 0.206. The molecule has 0 radical (unpaired) electrons. The first-order chi connectivity index (χ1) is 19.2. The van der Waals surface area contributed by atoms with Gasteiger partial charge in [0.1, 0.15) is 0 Å². The molecule has 0 atom stereocenters. The zero-order valence-electron chi connectivity index (χ0n) is 21.3. The first-order valence-electron chi connectivity index (χ1n) is 13.0. The third kappa shape index (κ3) is 5.79. The summed E-state index contributed by atoms with van der Waals surface area (Å²) in [5, 5.41) is 3.52. The summed E-state index contributed by atoms with van der Waals surface area (Å²) in [6, 6.07) is 55.2. The van der Waals surface area contributed by atoms with Gasteiger partial charge in [0.15, 0.2) is 0 Å². The first-order valence-corrected chi connectivity index (χ1v) is 13.8. The van der Waals surface area contributed by atoms with Crippen LogP contribution in [0.1, 0.15) is 0 Å². The minimum absolute atomic E-state index is 1.06. The minimum atomic E-state index is 1.06. The number of halogens is 1. The Labute approximate surface area is 238 Å². The molecule has 1 N–H and O–H groups in total. The first kappa shape index (κ1) is 24.7. The third-order valence-electron chi connectivity index (χ3n) is 6.72. The van der Waals surface area contributed by atoms with Crippen LogP contribution in [-0.4, -0.2) is 0 Å². The number of para-hydroxylation sites is 2. The number of nitrogens with one attached hydrogen (secondary N) is 1. The maximum Gasteiger partial charge on any atom is 0.0462 e. The van der Waals surface area contributed by atoms with Crippen molar-refractivity contribution in [3.63, 3.8) is 0 Å². The Balaban J connectivity index is 1.17. The Kier molecular flexibility index (Phi) is 7.24. The normalized spacial score (nSPS) is 10.7. The second-order valence-corrected chi connectivity index (χ2v) is 10.3. The van der Waals surface area contributed by atoms with E-state index in [2.05, 4.69) is 172 Å². The fourth-order valence-electron chi connectivity index (χ4n) is 4.71. The van der Waals surface area contributed by atoms with Crippen molar-refractivity contribution in [2.24, 2.45) is 0 Å². The van der Waals surface area contributed by atoms with Gasteiger partial charge in [0.25, 0.3) is 0 Å². The van der Waals surface area contributed by atoms with Gasteiger partial charge in [-0.05, 0) is 95.1 Å². The molecule has 0 fully saturated rings. The lowest BCUT2D eigenvalue weighted by Crippen LogP contribution is -2.09. The van der Waals surface area contributed by atoms with Gasteiger partial charge in [-0.1, -0.05) is 101 Å². The lowest BCUT2D eigenvalue weighted by Gasteiger charge is -2.25.